The Kier molecular flexibility index (Phi) is 5.28. The van der Waals surface area contributed by atoms with Gasteiger partial charge in [-0.3, -0.25) is 10.1 Å². The highest BCUT2D eigenvalue weighted by molar-refractivity contribution is 7.14. The van der Waals surface area contributed by atoms with Crippen LogP contribution in [0.3, 0.4) is 0 Å². The average Bonchev–Trinajstić information content (AvgIpc) is 3.11. The molecule has 26 heavy (non-hydrogen) atoms. The van der Waals surface area contributed by atoms with Gasteiger partial charge in [-0.05, 0) is 25.1 Å². The van der Waals surface area contributed by atoms with Gasteiger partial charge in [-0.2, -0.15) is 0 Å². The van der Waals surface area contributed by atoms with Crippen LogP contribution in [0.15, 0.2) is 60.0 Å². The number of carbonyl (C=O) groups excluding carboxylic acids is 2. The lowest BCUT2D eigenvalue weighted by molar-refractivity contribution is -0.123. The van der Waals surface area contributed by atoms with E-state index >= 15 is 0 Å². The molecule has 0 radical (unpaired) electrons. The van der Waals surface area contributed by atoms with Crippen LogP contribution in [-0.4, -0.2) is 23.0 Å². The maximum Gasteiger partial charge on any atom is 0.338 e. The van der Waals surface area contributed by atoms with Gasteiger partial charge in [0.15, 0.2) is 11.2 Å². The summed E-state index contributed by atoms with van der Waals surface area (Å²) in [5.74, 6) is -1.06. The van der Waals surface area contributed by atoms with Crippen LogP contribution in [0.4, 0.5) is 10.8 Å². The topological polar surface area (TPSA) is 94.3 Å². The number of nitrogens with one attached hydrogen (secondary N) is 1. The second-order valence-corrected chi connectivity index (χ2v) is 6.42. The van der Waals surface area contributed by atoms with E-state index in [1.165, 1.54) is 24.3 Å². The van der Waals surface area contributed by atoms with Gasteiger partial charge in [-0.15, -0.1) is 11.3 Å². The van der Waals surface area contributed by atoms with Gasteiger partial charge in [0.1, 0.15) is 0 Å². The molecule has 2 aromatic carbocycles. The number of nitrogens with zero attached hydrogens (tertiary/aromatic N) is 1. The predicted molar refractivity (Wildman–Crippen MR) is 102 cm³/mol. The summed E-state index contributed by atoms with van der Waals surface area (Å²) in [5.41, 5.74) is 8.13. The largest absolute Gasteiger partial charge is 0.449 e. The molecule has 1 atom stereocenters. The molecule has 6 nitrogen and oxygen atoms in total. The van der Waals surface area contributed by atoms with Crippen molar-refractivity contribution in [1.29, 1.82) is 0 Å². The summed E-state index contributed by atoms with van der Waals surface area (Å²) in [4.78, 5) is 28.7. The summed E-state index contributed by atoms with van der Waals surface area (Å²) >= 11 is 1.31. The molecule has 0 saturated heterocycles. The molecule has 0 saturated carbocycles. The lowest BCUT2D eigenvalue weighted by Gasteiger charge is -2.12. The van der Waals surface area contributed by atoms with E-state index < -0.39 is 18.0 Å². The standard InChI is InChI=1S/C19H17N3O3S/c1-12(25-18(24)14-8-5-9-15(20)10-14)17(23)22-19-21-16(11-26-19)13-6-3-2-4-7-13/h2-12H,20H2,1H3,(H,21,22,23). The fourth-order valence-electron chi connectivity index (χ4n) is 2.23. The van der Waals surface area contributed by atoms with Gasteiger partial charge >= 0.3 is 5.97 Å². The number of thiazole rings is 1. The molecular weight excluding hydrogens is 350 g/mol. The van der Waals surface area contributed by atoms with Crippen LogP contribution < -0.4 is 11.1 Å². The highest BCUT2D eigenvalue weighted by Crippen LogP contribution is 2.24. The van der Waals surface area contributed by atoms with Gasteiger partial charge < -0.3 is 10.5 Å². The number of carbonyl (C=O) groups is 2. The fraction of sp³-hybridized carbons (Fsp3) is 0.105. The Balaban J connectivity index is 1.61. The van der Waals surface area contributed by atoms with E-state index in [1.807, 2.05) is 35.7 Å². The fourth-order valence-corrected chi connectivity index (χ4v) is 2.95. The van der Waals surface area contributed by atoms with Crippen molar-refractivity contribution in [2.75, 3.05) is 11.1 Å². The Morgan fingerprint density at radius 2 is 1.92 bits per heavy atom. The average molecular weight is 367 g/mol. The smallest absolute Gasteiger partial charge is 0.338 e. The van der Waals surface area contributed by atoms with Crippen molar-refractivity contribution in [3.8, 4) is 11.3 Å². The lowest BCUT2D eigenvalue weighted by Crippen LogP contribution is -2.30. The second kappa shape index (κ2) is 7.79. The first-order valence-electron chi connectivity index (χ1n) is 7.91. The number of esters is 1. The van der Waals surface area contributed by atoms with Crippen molar-refractivity contribution in [3.63, 3.8) is 0 Å². The number of hydrogen-bond donors (Lipinski definition) is 2. The van der Waals surface area contributed by atoms with Crippen LogP contribution in [0.1, 0.15) is 17.3 Å². The molecule has 132 valence electrons. The maximum absolute atomic E-state index is 12.2. The molecule has 0 bridgehead atoms. The van der Waals surface area contributed by atoms with Gasteiger partial charge in [0.25, 0.3) is 5.91 Å². The Labute approximate surface area is 154 Å². The van der Waals surface area contributed by atoms with Crippen LogP contribution in [0.5, 0.6) is 0 Å². The molecule has 0 aliphatic carbocycles. The van der Waals surface area contributed by atoms with Crippen molar-refractivity contribution in [2.45, 2.75) is 13.0 Å². The molecular formula is C19H17N3O3S. The lowest BCUT2D eigenvalue weighted by atomic mass is 10.2. The molecule has 1 amide bonds. The number of amides is 1. The van der Waals surface area contributed by atoms with Crippen molar-refractivity contribution >= 4 is 34.0 Å². The number of nitrogens with two attached hydrogens (primary N) is 1. The number of nitrogen functional groups attached to an aromatic ring is 1. The Hall–Kier alpha value is -3.19. The van der Waals surface area contributed by atoms with E-state index in [1.54, 1.807) is 18.2 Å². The van der Waals surface area contributed by atoms with Crippen molar-refractivity contribution in [1.82, 2.24) is 4.98 Å². The minimum absolute atomic E-state index is 0.297. The highest BCUT2D eigenvalue weighted by Gasteiger charge is 2.20. The number of rotatable bonds is 5. The molecule has 1 aromatic heterocycles. The number of anilines is 2. The summed E-state index contributed by atoms with van der Waals surface area (Å²) in [5, 5.41) is 4.97. The van der Waals surface area contributed by atoms with Crippen molar-refractivity contribution in [3.05, 3.63) is 65.5 Å². The van der Waals surface area contributed by atoms with Crippen LogP contribution in [0.25, 0.3) is 11.3 Å². The van der Waals surface area contributed by atoms with E-state index in [2.05, 4.69) is 10.3 Å². The van der Waals surface area contributed by atoms with E-state index in [4.69, 9.17) is 10.5 Å². The molecule has 7 heteroatoms. The first kappa shape index (κ1) is 17.6. The highest BCUT2D eigenvalue weighted by atomic mass is 32.1. The third-order valence-corrected chi connectivity index (χ3v) is 4.34. The summed E-state index contributed by atoms with van der Waals surface area (Å²) in [7, 11) is 0. The molecule has 1 heterocycles. The summed E-state index contributed by atoms with van der Waals surface area (Å²) in [6.45, 7) is 1.51. The Morgan fingerprint density at radius 1 is 1.15 bits per heavy atom. The molecule has 1 unspecified atom stereocenters. The number of ether oxygens (including phenoxy) is 1. The zero-order valence-electron chi connectivity index (χ0n) is 14.0. The molecule has 3 N–H and O–H groups in total. The van der Waals surface area contributed by atoms with Gasteiger partial charge in [0, 0.05) is 16.6 Å². The second-order valence-electron chi connectivity index (χ2n) is 5.57. The zero-order chi connectivity index (χ0) is 18.5. The van der Waals surface area contributed by atoms with Crippen LogP contribution in [-0.2, 0) is 9.53 Å². The van der Waals surface area contributed by atoms with Crippen LogP contribution >= 0.6 is 11.3 Å². The Bertz CT molecular complexity index is 925. The van der Waals surface area contributed by atoms with E-state index in [9.17, 15) is 9.59 Å². The molecule has 0 aliphatic heterocycles. The third-order valence-electron chi connectivity index (χ3n) is 3.58. The van der Waals surface area contributed by atoms with Crippen molar-refractivity contribution in [2.24, 2.45) is 0 Å². The van der Waals surface area contributed by atoms with Gasteiger partial charge in [0.2, 0.25) is 0 Å². The van der Waals surface area contributed by atoms with E-state index in [0.717, 1.165) is 11.3 Å². The molecule has 3 rings (SSSR count). The first-order chi connectivity index (χ1) is 12.5. The molecule has 3 aromatic rings. The maximum atomic E-state index is 12.2. The minimum atomic E-state index is -0.965. The summed E-state index contributed by atoms with van der Waals surface area (Å²) < 4.78 is 5.19. The van der Waals surface area contributed by atoms with Crippen molar-refractivity contribution < 1.29 is 14.3 Å². The predicted octanol–water partition coefficient (Wildman–Crippen LogP) is 3.58. The third kappa shape index (κ3) is 4.25. The zero-order valence-corrected chi connectivity index (χ0v) is 14.8. The monoisotopic (exact) mass is 367 g/mol. The first-order valence-corrected chi connectivity index (χ1v) is 8.79. The van der Waals surface area contributed by atoms with E-state index in [0.29, 0.717) is 16.4 Å². The SMILES string of the molecule is CC(OC(=O)c1cccc(N)c1)C(=O)Nc1nc(-c2ccccc2)cs1. The summed E-state index contributed by atoms with van der Waals surface area (Å²) in [6.07, 6.45) is -0.965. The Morgan fingerprint density at radius 3 is 2.65 bits per heavy atom. The molecule has 0 spiro atoms. The number of hydrogen-bond acceptors (Lipinski definition) is 6. The minimum Gasteiger partial charge on any atom is -0.449 e. The van der Waals surface area contributed by atoms with Crippen LogP contribution in [0, 0.1) is 0 Å². The van der Waals surface area contributed by atoms with Gasteiger partial charge in [-0.25, -0.2) is 9.78 Å². The molecule has 0 fully saturated rings. The molecule has 0 aliphatic rings. The quantitative estimate of drug-likeness (QED) is 0.531. The summed E-state index contributed by atoms with van der Waals surface area (Å²) in [6, 6.07) is 16.0. The number of benzene rings is 2. The van der Waals surface area contributed by atoms with E-state index in [-0.39, 0.29) is 0 Å². The van der Waals surface area contributed by atoms with Gasteiger partial charge in [0.05, 0.1) is 11.3 Å². The number of aromatic nitrogens is 1. The normalized spacial score (nSPS) is 11.6. The van der Waals surface area contributed by atoms with Gasteiger partial charge in [-0.1, -0.05) is 36.4 Å². The van der Waals surface area contributed by atoms with Crippen LogP contribution in [0.2, 0.25) is 0 Å².